The number of rotatable bonds is 5. The van der Waals surface area contributed by atoms with Crippen LogP contribution in [0.15, 0.2) is 60.7 Å². The molecule has 0 bridgehead atoms. The maximum absolute atomic E-state index is 10.2. The molecule has 0 spiro atoms. The molecule has 2 rings (SSSR count). The van der Waals surface area contributed by atoms with Crippen molar-refractivity contribution in [3.05, 3.63) is 71.8 Å². The van der Waals surface area contributed by atoms with Gasteiger partial charge in [0, 0.05) is 0 Å². The van der Waals surface area contributed by atoms with Crippen LogP contribution in [0.5, 0.6) is 0 Å². The molecular formula is C21H28O6. The molecule has 0 radical (unpaired) electrons. The van der Waals surface area contributed by atoms with Gasteiger partial charge in [0.25, 0.3) is 0 Å². The molecule has 0 saturated heterocycles. The molecule has 0 heterocycles. The summed E-state index contributed by atoms with van der Waals surface area (Å²) in [6, 6.07) is 16.6. The van der Waals surface area contributed by atoms with Gasteiger partial charge in [-0.25, -0.2) is 9.59 Å². The van der Waals surface area contributed by atoms with E-state index in [-0.39, 0.29) is 0 Å². The fraction of sp³-hybridized carbons (Fsp3) is 0.333. The fourth-order valence-electron chi connectivity index (χ4n) is 1.84. The lowest BCUT2D eigenvalue weighted by Crippen LogP contribution is -2.23. The van der Waals surface area contributed by atoms with Crippen LogP contribution in [-0.4, -0.2) is 44.6 Å². The van der Waals surface area contributed by atoms with Crippen LogP contribution in [0.4, 0.5) is 0 Å². The quantitative estimate of drug-likeness (QED) is 0.634. The number of carbonyl (C=O) groups is 2. The van der Waals surface area contributed by atoms with Crippen LogP contribution in [0.1, 0.15) is 47.9 Å². The Bertz CT molecular complexity index is 603. The third kappa shape index (κ3) is 12.3. The maximum Gasteiger partial charge on any atom is 0.335 e. The molecule has 2 atom stereocenters. The second-order valence-corrected chi connectivity index (χ2v) is 6.28. The minimum absolute atomic E-state index is 0.331. The Morgan fingerprint density at radius 1 is 0.741 bits per heavy atom. The predicted octanol–water partition coefficient (Wildman–Crippen LogP) is 3.54. The first-order chi connectivity index (χ1) is 12.6. The van der Waals surface area contributed by atoms with Crippen LogP contribution in [0, 0.1) is 5.92 Å². The van der Waals surface area contributed by atoms with E-state index in [1.807, 2.05) is 13.8 Å². The van der Waals surface area contributed by atoms with Gasteiger partial charge >= 0.3 is 11.9 Å². The van der Waals surface area contributed by atoms with Gasteiger partial charge in [-0.15, -0.1) is 0 Å². The van der Waals surface area contributed by atoms with E-state index in [1.165, 1.54) is 0 Å². The van der Waals surface area contributed by atoms with Crippen molar-refractivity contribution < 1.29 is 30.0 Å². The largest absolute Gasteiger partial charge is 0.478 e. The van der Waals surface area contributed by atoms with E-state index in [2.05, 4.69) is 0 Å². The lowest BCUT2D eigenvalue weighted by molar-refractivity contribution is 0.0188. The standard InChI is InChI=1S/2C7H6O2.C7H16O2/c2*8-7(9)6-4-2-1-3-5-6;1-5(2)4-7(9)6(3)8/h2*1-5H,(H,8,9);5-9H,4H2,1-3H3. The number of aliphatic hydroxyl groups is 2. The molecule has 0 saturated carbocycles. The maximum atomic E-state index is 10.2. The monoisotopic (exact) mass is 376 g/mol. The molecule has 2 unspecified atom stereocenters. The number of hydrogen-bond donors (Lipinski definition) is 4. The summed E-state index contributed by atoms with van der Waals surface area (Å²) in [5.74, 6) is -1.30. The molecule has 2 aromatic carbocycles. The van der Waals surface area contributed by atoms with Gasteiger partial charge in [-0.05, 0) is 43.5 Å². The summed E-state index contributed by atoms with van der Waals surface area (Å²) in [5, 5.41) is 34.6. The third-order valence-corrected chi connectivity index (χ3v) is 3.31. The average Bonchev–Trinajstić information content (AvgIpc) is 2.63. The lowest BCUT2D eigenvalue weighted by Gasteiger charge is -2.14. The minimum Gasteiger partial charge on any atom is -0.478 e. The minimum atomic E-state index is -0.879. The Kier molecular flexibility index (Phi) is 12.1. The number of aromatic carboxylic acids is 2. The van der Waals surface area contributed by atoms with Gasteiger partial charge in [-0.3, -0.25) is 0 Å². The van der Waals surface area contributed by atoms with E-state index < -0.39 is 24.1 Å². The Labute approximate surface area is 159 Å². The van der Waals surface area contributed by atoms with E-state index in [0.717, 1.165) is 0 Å². The smallest absolute Gasteiger partial charge is 0.335 e. The van der Waals surface area contributed by atoms with E-state index in [9.17, 15) is 9.59 Å². The number of hydrogen-bond acceptors (Lipinski definition) is 4. The molecule has 0 aliphatic carbocycles. The lowest BCUT2D eigenvalue weighted by atomic mass is 10.0. The zero-order valence-electron chi connectivity index (χ0n) is 15.8. The highest BCUT2D eigenvalue weighted by atomic mass is 16.4. The van der Waals surface area contributed by atoms with Gasteiger partial charge in [0.15, 0.2) is 0 Å². The summed E-state index contributed by atoms with van der Waals surface area (Å²) in [6.45, 7) is 5.64. The molecular weight excluding hydrogens is 348 g/mol. The van der Waals surface area contributed by atoms with E-state index in [1.54, 1.807) is 67.6 Å². The third-order valence-electron chi connectivity index (χ3n) is 3.31. The van der Waals surface area contributed by atoms with Crippen molar-refractivity contribution in [3.8, 4) is 0 Å². The first-order valence-electron chi connectivity index (χ1n) is 8.58. The van der Waals surface area contributed by atoms with Crippen molar-refractivity contribution in [2.75, 3.05) is 0 Å². The van der Waals surface area contributed by atoms with Crippen LogP contribution >= 0.6 is 0 Å². The molecule has 6 nitrogen and oxygen atoms in total. The van der Waals surface area contributed by atoms with Gasteiger partial charge in [0.1, 0.15) is 0 Å². The zero-order chi connectivity index (χ0) is 20.8. The molecule has 0 aromatic heterocycles. The van der Waals surface area contributed by atoms with Gasteiger partial charge in [-0.1, -0.05) is 50.2 Å². The van der Waals surface area contributed by atoms with Gasteiger partial charge in [0.05, 0.1) is 23.3 Å². The van der Waals surface area contributed by atoms with Crippen molar-refractivity contribution in [1.29, 1.82) is 0 Å². The SMILES string of the molecule is CC(C)CC(O)C(C)O.O=C(O)c1ccccc1.O=C(O)c1ccccc1. The van der Waals surface area contributed by atoms with Crippen LogP contribution in [0.25, 0.3) is 0 Å². The molecule has 4 N–H and O–H groups in total. The van der Waals surface area contributed by atoms with Crippen LogP contribution < -0.4 is 0 Å². The van der Waals surface area contributed by atoms with Crippen LogP contribution in [0.3, 0.4) is 0 Å². The summed E-state index contributed by atoms with van der Waals surface area (Å²) in [4.78, 5) is 20.4. The Morgan fingerprint density at radius 3 is 1.22 bits per heavy atom. The normalized spacial score (nSPS) is 11.9. The molecule has 2 aromatic rings. The fourth-order valence-corrected chi connectivity index (χ4v) is 1.84. The van der Waals surface area contributed by atoms with E-state index in [0.29, 0.717) is 23.5 Å². The van der Waals surface area contributed by atoms with Crippen molar-refractivity contribution in [2.24, 2.45) is 5.92 Å². The molecule has 148 valence electrons. The van der Waals surface area contributed by atoms with Crippen molar-refractivity contribution in [2.45, 2.75) is 39.4 Å². The van der Waals surface area contributed by atoms with Gasteiger partial charge in [0.2, 0.25) is 0 Å². The molecule has 27 heavy (non-hydrogen) atoms. The average molecular weight is 376 g/mol. The summed E-state index contributed by atoms with van der Waals surface area (Å²) in [7, 11) is 0. The first-order valence-corrected chi connectivity index (χ1v) is 8.58. The number of carboxylic acid groups (broad SMARTS) is 2. The highest BCUT2D eigenvalue weighted by Crippen LogP contribution is 2.06. The molecule has 0 amide bonds. The number of aliphatic hydroxyl groups excluding tert-OH is 2. The second kappa shape index (κ2) is 13.5. The summed E-state index contributed by atoms with van der Waals surface area (Å²) < 4.78 is 0. The van der Waals surface area contributed by atoms with E-state index >= 15 is 0 Å². The van der Waals surface area contributed by atoms with Crippen molar-refractivity contribution in [1.82, 2.24) is 0 Å². The molecule has 6 heteroatoms. The van der Waals surface area contributed by atoms with Gasteiger partial charge < -0.3 is 20.4 Å². The highest BCUT2D eigenvalue weighted by molar-refractivity contribution is 5.87. The Balaban J connectivity index is 0.000000376. The van der Waals surface area contributed by atoms with E-state index in [4.69, 9.17) is 20.4 Å². The molecule has 0 fully saturated rings. The van der Waals surface area contributed by atoms with Crippen molar-refractivity contribution >= 4 is 11.9 Å². The molecule has 0 aliphatic heterocycles. The molecule has 0 aliphatic rings. The number of benzene rings is 2. The van der Waals surface area contributed by atoms with Crippen molar-refractivity contribution in [3.63, 3.8) is 0 Å². The van der Waals surface area contributed by atoms with Crippen LogP contribution in [-0.2, 0) is 0 Å². The highest BCUT2D eigenvalue weighted by Gasteiger charge is 2.11. The predicted molar refractivity (Wildman–Crippen MR) is 104 cm³/mol. The second-order valence-electron chi connectivity index (χ2n) is 6.28. The summed E-state index contributed by atoms with van der Waals surface area (Å²) in [5.41, 5.74) is 0.662. The topological polar surface area (TPSA) is 115 Å². The zero-order valence-corrected chi connectivity index (χ0v) is 15.8. The first kappa shape index (κ1) is 24.3. The Hall–Kier alpha value is -2.70. The number of carboxylic acids is 2. The summed E-state index contributed by atoms with van der Waals surface area (Å²) >= 11 is 0. The Morgan fingerprint density at radius 2 is 1.07 bits per heavy atom. The summed E-state index contributed by atoms with van der Waals surface area (Å²) in [6.07, 6.45) is -0.463. The van der Waals surface area contributed by atoms with Crippen LogP contribution in [0.2, 0.25) is 0 Å². The van der Waals surface area contributed by atoms with Gasteiger partial charge in [-0.2, -0.15) is 0 Å².